The Kier molecular flexibility index (Phi) is 9.02. The van der Waals surface area contributed by atoms with E-state index in [1.807, 2.05) is 6.20 Å². The van der Waals surface area contributed by atoms with Crippen molar-refractivity contribution >= 4 is 10.8 Å². The van der Waals surface area contributed by atoms with Gasteiger partial charge in [0.05, 0.1) is 0 Å². The third-order valence-electron chi connectivity index (χ3n) is 5.44. The number of rotatable bonds is 3. The van der Waals surface area contributed by atoms with Crippen molar-refractivity contribution in [2.75, 3.05) is 0 Å². The molecule has 1 fully saturated rings. The molecule has 0 bridgehead atoms. The van der Waals surface area contributed by atoms with Crippen LogP contribution in [0.2, 0.25) is 0 Å². The molecule has 4 rings (SSSR count). The fourth-order valence-electron chi connectivity index (χ4n) is 3.95. The molecule has 1 heterocycles. The Labute approximate surface area is 189 Å². The molecule has 1 atom stereocenters. The molecule has 0 amide bonds. The average molecular weight is 566 g/mol. The summed E-state index contributed by atoms with van der Waals surface area (Å²) in [5.74, 6) is 0.754. The summed E-state index contributed by atoms with van der Waals surface area (Å²) in [5, 5.41) is 10.8. The molecular formula is C26H31IrNO-2. The molecule has 29 heavy (non-hydrogen) atoms. The molecule has 1 radical (unpaired) electrons. The first-order valence-corrected chi connectivity index (χ1v) is 10.3. The Balaban J connectivity index is 0.000000450. The molecule has 2 aromatic carbocycles. The largest absolute Gasteiger partial charge is 0.396 e. The van der Waals surface area contributed by atoms with E-state index in [-0.39, 0.29) is 26.2 Å². The molecule has 3 aromatic rings. The number of hydrogen-bond donors (Lipinski definition) is 1. The van der Waals surface area contributed by atoms with E-state index in [1.165, 1.54) is 53.1 Å². The van der Waals surface area contributed by atoms with Gasteiger partial charge in [-0.1, -0.05) is 44.9 Å². The Hall–Kier alpha value is -1.54. The molecule has 0 aliphatic heterocycles. The molecular weight excluding hydrogens is 535 g/mol. The van der Waals surface area contributed by atoms with Crippen molar-refractivity contribution in [2.24, 2.45) is 0 Å². The zero-order valence-corrected chi connectivity index (χ0v) is 20.1. The molecule has 0 spiro atoms. The maximum absolute atomic E-state index is 8.30. The summed E-state index contributed by atoms with van der Waals surface area (Å²) in [4.78, 5) is 4.66. The minimum atomic E-state index is -0.227. The summed E-state index contributed by atoms with van der Waals surface area (Å²) in [6.07, 6.45) is 7.75. The van der Waals surface area contributed by atoms with Crippen LogP contribution in [0.1, 0.15) is 61.6 Å². The van der Waals surface area contributed by atoms with E-state index in [0.717, 1.165) is 17.2 Å². The van der Waals surface area contributed by atoms with Gasteiger partial charge >= 0.3 is 0 Å². The van der Waals surface area contributed by atoms with E-state index in [9.17, 15) is 0 Å². The van der Waals surface area contributed by atoms with Crippen molar-refractivity contribution in [1.82, 2.24) is 4.98 Å². The first kappa shape index (κ1) is 23.7. The zero-order chi connectivity index (χ0) is 20.1. The molecule has 1 aliphatic rings. The SMILES string of the molecule is Cc1[c-]c(-c2nccc3cc(C4CCCC4)ccc23)cc(C)c1.[CH2-]CC(C)O.[Ir]. The minimum Gasteiger partial charge on any atom is -0.396 e. The third kappa shape index (κ3) is 6.22. The van der Waals surface area contributed by atoms with Crippen LogP contribution >= 0.6 is 0 Å². The van der Waals surface area contributed by atoms with Crippen molar-refractivity contribution in [1.29, 1.82) is 0 Å². The maximum atomic E-state index is 8.30. The smallest absolute Gasteiger partial charge is 0.0241 e. The standard InChI is InChI=1S/C22H22N.C4H9O.Ir/c1-15-11-16(2)13-20(12-15)22-21-8-7-18(17-5-3-4-6-17)14-19(21)9-10-23-22;1-3-4(2)5;/h7-12,14,17H,3-6H2,1-2H3;4-5H,1,3H2,2H3;/q2*-1;. The molecule has 1 unspecified atom stereocenters. The Bertz CT molecular complexity index is 909. The Morgan fingerprint density at radius 3 is 2.45 bits per heavy atom. The number of aryl methyl sites for hydroxylation is 2. The molecule has 2 nitrogen and oxygen atoms in total. The monoisotopic (exact) mass is 566 g/mol. The molecule has 1 aliphatic carbocycles. The number of aliphatic hydroxyl groups is 1. The fourth-order valence-corrected chi connectivity index (χ4v) is 3.95. The van der Waals surface area contributed by atoms with Gasteiger partial charge in [-0.2, -0.15) is 6.42 Å². The van der Waals surface area contributed by atoms with Crippen LogP contribution in [-0.2, 0) is 20.1 Å². The summed E-state index contributed by atoms with van der Waals surface area (Å²) < 4.78 is 0. The predicted molar refractivity (Wildman–Crippen MR) is 118 cm³/mol. The number of fused-ring (bicyclic) bond motifs is 1. The van der Waals surface area contributed by atoms with Gasteiger partial charge in [-0.25, -0.2) is 0 Å². The summed E-state index contributed by atoms with van der Waals surface area (Å²) in [7, 11) is 0. The number of benzene rings is 2. The summed E-state index contributed by atoms with van der Waals surface area (Å²) in [6, 6.07) is 16.9. The van der Waals surface area contributed by atoms with Gasteiger partial charge in [-0.05, 0) is 53.8 Å². The van der Waals surface area contributed by atoms with Gasteiger partial charge in [-0.3, -0.25) is 0 Å². The molecule has 1 N–H and O–H groups in total. The van der Waals surface area contributed by atoms with Gasteiger partial charge in [-0.15, -0.1) is 34.9 Å². The summed E-state index contributed by atoms with van der Waals surface area (Å²) in [5.41, 5.74) is 6.07. The number of aromatic nitrogens is 1. The van der Waals surface area contributed by atoms with Crippen LogP contribution < -0.4 is 0 Å². The second-order valence-electron chi connectivity index (χ2n) is 8.01. The zero-order valence-electron chi connectivity index (χ0n) is 17.7. The summed E-state index contributed by atoms with van der Waals surface area (Å²) >= 11 is 0. The normalized spacial score (nSPS) is 14.8. The van der Waals surface area contributed by atoms with Gasteiger partial charge in [0, 0.05) is 32.4 Å². The molecule has 1 aromatic heterocycles. The maximum Gasteiger partial charge on any atom is 0.0241 e. The Morgan fingerprint density at radius 2 is 1.83 bits per heavy atom. The first-order chi connectivity index (χ1) is 13.5. The molecule has 157 valence electrons. The van der Waals surface area contributed by atoms with Crippen LogP contribution in [-0.4, -0.2) is 16.2 Å². The second kappa shape index (κ2) is 11.0. The molecule has 1 saturated carbocycles. The quantitative estimate of drug-likeness (QED) is 0.365. The summed E-state index contributed by atoms with van der Waals surface area (Å²) in [6.45, 7) is 9.38. The van der Waals surface area contributed by atoms with E-state index in [1.54, 1.807) is 6.92 Å². The van der Waals surface area contributed by atoms with Crippen LogP contribution in [0.15, 0.2) is 42.6 Å². The van der Waals surface area contributed by atoms with Crippen molar-refractivity contribution < 1.29 is 25.2 Å². The molecule has 3 heteroatoms. The number of hydrogen-bond acceptors (Lipinski definition) is 2. The van der Waals surface area contributed by atoms with Gasteiger partial charge < -0.3 is 17.0 Å². The van der Waals surface area contributed by atoms with Gasteiger partial charge in [0.25, 0.3) is 0 Å². The van der Waals surface area contributed by atoms with Crippen LogP contribution in [0.5, 0.6) is 0 Å². The van der Waals surface area contributed by atoms with E-state index in [2.05, 4.69) is 68.2 Å². The minimum absolute atomic E-state index is 0. The predicted octanol–water partition coefficient (Wildman–Crippen LogP) is 6.57. The fraction of sp³-hybridized carbons (Fsp3) is 0.385. The number of pyridine rings is 1. The third-order valence-corrected chi connectivity index (χ3v) is 5.44. The van der Waals surface area contributed by atoms with Crippen LogP contribution in [0.4, 0.5) is 0 Å². The topological polar surface area (TPSA) is 33.1 Å². The van der Waals surface area contributed by atoms with E-state index in [4.69, 9.17) is 5.11 Å². The van der Waals surface area contributed by atoms with E-state index in [0.29, 0.717) is 6.42 Å². The molecule has 0 saturated heterocycles. The van der Waals surface area contributed by atoms with Crippen molar-refractivity contribution in [3.05, 3.63) is 72.3 Å². The first-order valence-electron chi connectivity index (χ1n) is 10.3. The van der Waals surface area contributed by atoms with E-state index < -0.39 is 0 Å². The second-order valence-corrected chi connectivity index (χ2v) is 8.01. The van der Waals surface area contributed by atoms with Crippen molar-refractivity contribution in [3.63, 3.8) is 0 Å². The van der Waals surface area contributed by atoms with Gasteiger partial charge in [0.2, 0.25) is 0 Å². The van der Waals surface area contributed by atoms with Gasteiger partial charge in [0.1, 0.15) is 0 Å². The van der Waals surface area contributed by atoms with Crippen LogP contribution in [0.3, 0.4) is 0 Å². The Morgan fingerprint density at radius 1 is 1.14 bits per heavy atom. The average Bonchev–Trinajstić information content (AvgIpc) is 3.21. The van der Waals surface area contributed by atoms with Crippen molar-refractivity contribution in [2.45, 2.75) is 64.9 Å². The van der Waals surface area contributed by atoms with E-state index >= 15 is 0 Å². The van der Waals surface area contributed by atoms with Crippen molar-refractivity contribution in [3.8, 4) is 11.3 Å². The number of nitrogens with zero attached hydrogens (tertiary/aromatic N) is 1. The van der Waals surface area contributed by atoms with Gasteiger partial charge in [0.15, 0.2) is 0 Å². The van der Waals surface area contributed by atoms with Crippen LogP contribution in [0.25, 0.3) is 22.0 Å². The number of aliphatic hydroxyl groups excluding tert-OH is 1. The van der Waals surface area contributed by atoms with Crippen LogP contribution in [0, 0.1) is 26.8 Å².